The first kappa shape index (κ1) is 22.6. The molecular weight excluding hydrogens is 537 g/mol. The van der Waals surface area contributed by atoms with E-state index in [0.717, 1.165) is 5.56 Å². The van der Waals surface area contributed by atoms with Gasteiger partial charge in [-0.3, -0.25) is 30.3 Å². The summed E-state index contributed by atoms with van der Waals surface area (Å²) in [6.07, 6.45) is 1.44. The van der Waals surface area contributed by atoms with Crippen LogP contribution in [0.25, 0.3) is 6.08 Å². The maximum absolute atomic E-state index is 12.1. The lowest BCUT2D eigenvalue weighted by molar-refractivity contribution is -0.384. The van der Waals surface area contributed by atoms with Crippen LogP contribution in [0.4, 0.5) is 5.69 Å². The molecule has 0 aromatic heterocycles. The smallest absolute Gasteiger partial charge is 0.269 e. The van der Waals surface area contributed by atoms with Gasteiger partial charge in [0.25, 0.3) is 17.5 Å². The van der Waals surface area contributed by atoms with Crippen LogP contribution in [0, 0.1) is 13.7 Å². The second-order valence-electron chi connectivity index (χ2n) is 6.27. The number of carbonyl (C=O) groups excluding carboxylic acids is 2. The minimum absolute atomic E-state index is 0.00211. The molecule has 11 heteroatoms. The Balaban J connectivity index is 1.85. The summed E-state index contributed by atoms with van der Waals surface area (Å²) in [7, 11) is 0. The Morgan fingerprint density at radius 1 is 1.13 bits per heavy atom. The molecule has 0 spiro atoms. The van der Waals surface area contributed by atoms with Gasteiger partial charge in [-0.15, -0.1) is 0 Å². The zero-order valence-electron chi connectivity index (χ0n) is 16.1. The molecule has 0 unspecified atom stereocenters. The van der Waals surface area contributed by atoms with Crippen LogP contribution in [-0.4, -0.2) is 28.5 Å². The topological polar surface area (TPSA) is 120 Å². The van der Waals surface area contributed by atoms with E-state index in [0.29, 0.717) is 27.2 Å². The van der Waals surface area contributed by atoms with Crippen molar-refractivity contribution < 1.29 is 24.0 Å². The molecule has 31 heavy (non-hydrogen) atoms. The number of hydrogen-bond acceptors (Lipinski definition) is 7. The Morgan fingerprint density at radius 2 is 1.77 bits per heavy atom. The number of nitrogens with one attached hydrogen (secondary N) is 2. The summed E-state index contributed by atoms with van der Waals surface area (Å²) in [5.41, 5.74) is 1.25. The van der Waals surface area contributed by atoms with Crippen molar-refractivity contribution in [1.82, 2.24) is 10.6 Å². The predicted octanol–water partition coefficient (Wildman–Crippen LogP) is 3.09. The number of halogens is 1. The third-order valence-electron chi connectivity index (χ3n) is 4.12. The van der Waals surface area contributed by atoms with Crippen molar-refractivity contribution in [3.05, 3.63) is 66.8 Å². The summed E-state index contributed by atoms with van der Waals surface area (Å²) in [5, 5.41) is 15.5. The Hall–Kier alpha value is -3.06. The molecule has 0 radical (unpaired) electrons. The number of ether oxygens (including phenoxy) is 2. The number of carbonyl (C=O) groups is 2. The molecule has 2 aromatic rings. The van der Waals surface area contributed by atoms with Crippen LogP contribution in [0.5, 0.6) is 11.5 Å². The van der Waals surface area contributed by atoms with E-state index in [9.17, 15) is 19.7 Å². The number of hydrogen-bond donors (Lipinski definition) is 2. The zero-order chi connectivity index (χ0) is 22.5. The summed E-state index contributed by atoms with van der Waals surface area (Å²) in [4.78, 5) is 34.5. The highest BCUT2D eigenvalue weighted by atomic mass is 127. The molecule has 2 N–H and O–H groups in total. The number of non-ortho nitro benzene ring substituents is 1. The predicted molar refractivity (Wildman–Crippen MR) is 125 cm³/mol. The molecule has 3 rings (SSSR count). The van der Waals surface area contributed by atoms with E-state index in [1.54, 1.807) is 24.3 Å². The van der Waals surface area contributed by atoms with E-state index < -0.39 is 16.7 Å². The molecule has 2 amide bonds. The van der Waals surface area contributed by atoms with Gasteiger partial charge in [0.05, 0.1) is 15.1 Å². The Bertz CT molecular complexity index is 1080. The summed E-state index contributed by atoms with van der Waals surface area (Å²) < 4.78 is 12.3. The van der Waals surface area contributed by atoms with Crippen LogP contribution in [0.1, 0.15) is 18.1 Å². The zero-order valence-corrected chi connectivity index (χ0v) is 19.1. The fourth-order valence-corrected chi connectivity index (χ4v) is 3.68. The molecule has 0 bridgehead atoms. The first-order chi connectivity index (χ1) is 14.8. The molecule has 0 atom stereocenters. The van der Waals surface area contributed by atoms with Crippen molar-refractivity contribution >= 4 is 63.5 Å². The number of thiocarbonyl (C=S) groups is 1. The van der Waals surface area contributed by atoms with Gasteiger partial charge in [-0.25, -0.2) is 0 Å². The molecule has 160 valence electrons. The highest BCUT2D eigenvalue weighted by Crippen LogP contribution is 2.35. The van der Waals surface area contributed by atoms with E-state index in [1.165, 1.54) is 18.2 Å². The van der Waals surface area contributed by atoms with Gasteiger partial charge in [0, 0.05) is 12.1 Å². The Morgan fingerprint density at radius 3 is 2.35 bits per heavy atom. The van der Waals surface area contributed by atoms with Gasteiger partial charge < -0.3 is 9.47 Å². The largest absolute Gasteiger partial charge is 0.490 e. The molecule has 1 heterocycles. The van der Waals surface area contributed by atoms with E-state index in [2.05, 4.69) is 33.2 Å². The van der Waals surface area contributed by atoms with E-state index >= 15 is 0 Å². The minimum Gasteiger partial charge on any atom is -0.490 e. The van der Waals surface area contributed by atoms with Gasteiger partial charge in [-0.05, 0) is 83.2 Å². The highest BCUT2D eigenvalue weighted by Gasteiger charge is 2.26. The fourth-order valence-electron chi connectivity index (χ4n) is 2.72. The van der Waals surface area contributed by atoms with Crippen molar-refractivity contribution in [1.29, 1.82) is 0 Å². The van der Waals surface area contributed by atoms with Crippen LogP contribution in [0.15, 0.2) is 42.0 Å². The number of rotatable bonds is 7. The molecule has 1 aliphatic rings. The third kappa shape index (κ3) is 5.55. The van der Waals surface area contributed by atoms with Crippen LogP contribution < -0.4 is 20.1 Å². The second kappa shape index (κ2) is 9.83. The minimum atomic E-state index is -0.583. The van der Waals surface area contributed by atoms with E-state index in [-0.39, 0.29) is 23.0 Å². The van der Waals surface area contributed by atoms with Gasteiger partial charge in [-0.2, -0.15) is 0 Å². The monoisotopic (exact) mass is 553 g/mol. The second-order valence-corrected chi connectivity index (χ2v) is 7.84. The quantitative estimate of drug-likeness (QED) is 0.135. The van der Waals surface area contributed by atoms with Crippen LogP contribution in [0.2, 0.25) is 0 Å². The fraction of sp³-hybridized carbons (Fsp3) is 0.150. The number of benzene rings is 2. The van der Waals surface area contributed by atoms with Gasteiger partial charge in [0.1, 0.15) is 12.2 Å². The van der Waals surface area contributed by atoms with E-state index in [1.807, 2.05) is 6.92 Å². The average molecular weight is 553 g/mol. The Kier molecular flexibility index (Phi) is 7.17. The van der Waals surface area contributed by atoms with Crippen LogP contribution >= 0.6 is 34.8 Å². The van der Waals surface area contributed by atoms with Gasteiger partial charge in [-0.1, -0.05) is 0 Å². The van der Waals surface area contributed by atoms with Gasteiger partial charge in [0.15, 0.2) is 16.6 Å². The highest BCUT2D eigenvalue weighted by molar-refractivity contribution is 14.1. The van der Waals surface area contributed by atoms with Crippen molar-refractivity contribution in [3.8, 4) is 11.5 Å². The standard InChI is InChI=1S/C20H16IN3O6S/c1-2-29-16-9-12(7-14-18(25)22-20(31)23-19(14)26)8-15(21)17(16)30-10-11-3-5-13(6-4-11)24(27)28/h3-9H,2,10H2,1H3,(H2,22,23,25,26,31). The van der Waals surface area contributed by atoms with Gasteiger partial charge >= 0.3 is 0 Å². The number of nitrogens with zero attached hydrogens (tertiary/aromatic N) is 1. The first-order valence-corrected chi connectivity index (χ1v) is 10.5. The molecule has 1 aliphatic heterocycles. The maximum atomic E-state index is 12.1. The average Bonchev–Trinajstić information content (AvgIpc) is 2.70. The lowest BCUT2D eigenvalue weighted by Gasteiger charge is -2.17. The molecule has 0 saturated carbocycles. The van der Waals surface area contributed by atoms with Crippen LogP contribution in [-0.2, 0) is 16.2 Å². The van der Waals surface area contributed by atoms with Crippen molar-refractivity contribution in [3.63, 3.8) is 0 Å². The number of nitro benzene ring substituents is 1. The summed E-state index contributed by atoms with van der Waals surface area (Å²) >= 11 is 6.87. The summed E-state index contributed by atoms with van der Waals surface area (Å²) in [5.74, 6) is -0.239. The molecule has 1 saturated heterocycles. The molecule has 0 aliphatic carbocycles. The maximum Gasteiger partial charge on any atom is 0.269 e. The normalized spacial score (nSPS) is 13.4. The summed E-state index contributed by atoms with van der Waals surface area (Å²) in [6, 6.07) is 9.47. The third-order valence-corrected chi connectivity index (χ3v) is 5.12. The molecule has 1 fully saturated rings. The SMILES string of the molecule is CCOc1cc(C=C2C(=O)NC(=S)NC2=O)cc(I)c1OCc1ccc([N+](=O)[O-])cc1. The summed E-state index contributed by atoms with van der Waals surface area (Å²) in [6.45, 7) is 2.37. The van der Waals surface area contributed by atoms with Crippen molar-refractivity contribution in [2.24, 2.45) is 0 Å². The molecular formula is C20H16IN3O6S. The van der Waals surface area contributed by atoms with Crippen molar-refractivity contribution in [2.45, 2.75) is 13.5 Å². The lowest BCUT2D eigenvalue weighted by atomic mass is 10.1. The number of amides is 2. The lowest BCUT2D eigenvalue weighted by Crippen LogP contribution is -2.51. The Labute approximate surface area is 196 Å². The van der Waals surface area contributed by atoms with Gasteiger partial charge in [0.2, 0.25) is 0 Å². The molecule has 2 aromatic carbocycles. The number of nitro groups is 1. The van der Waals surface area contributed by atoms with Crippen molar-refractivity contribution in [2.75, 3.05) is 6.61 Å². The molecule has 9 nitrogen and oxygen atoms in total. The van der Waals surface area contributed by atoms with E-state index in [4.69, 9.17) is 21.7 Å². The first-order valence-electron chi connectivity index (χ1n) is 8.99. The van der Waals surface area contributed by atoms with Crippen LogP contribution in [0.3, 0.4) is 0 Å².